The standard InChI is InChI=1S/C19H18N4O2S2/c20-17(25)14-8-9-26-18(14)22-16(24)11-27-19-21-10-15(23(19)13-6-7-13)12-4-2-1-3-5-12/h1-5,8-10,13H,6-7,11H2,(H2,20,25)(H,22,24). The molecular weight excluding hydrogens is 380 g/mol. The first kappa shape index (κ1) is 17.8. The lowest BCUT2D eigenvalue weighted by Gasteiger charge is -2.11. The van der Waals surface area contributed by atoms with Crippen molar-refractivity contribution in [2.75, 3.05) is 11.1 Å². The van der Waals surface area contributed by atoms with E-state index in [2.05, 4.69) is 27.0 Å². The molecular formula is C19H18N4O2S2. The molecule has 2 heterocycles. The van der Waals surface area contributed by atoms with Gasteiger partial charge in [-0.3, -0.25) is 9.59 Å². The van der Waals surface area contributed by atoms with E-state index in [1.54, 1.807) is 11.4 Å². The van der Waals surface area contributed by atoms with Crippen LogP contribution in [0, 0.1) is 0 Å². The second-order valence-corrected chi connectivity index (χ2v) is 8.12. The summed E-state index contributed by atoms with van der Waals surface area (Å²) in [5, 5.41) is 5.83. The number of carbonyl (C=O) groups is 2. The highest BCUT2D eigenvalue weighted by Crippen LogP contribution is 2.41. The Morgan fingerprint density at radius 1 is 1.26 bits per heavy atom. The van der Waals surface area contributed by atoms with Crippen LogP contribution in [-0.4, -0.2) is 27.1 Å². The van der Waals surface area contributed by atoms with Gasteiger partial charge in [0.25, 0.3) is 5.91 Å². The van der Waals surface area contributed by atoms with Gasteiger partial charge >= 0.3 is 0 Å². The van der Waals surface area contributed by atoms with Crippen LogP contribution in [0.25, 0.3) is 11.3 Å². The maximum atomic E-state index is 12.3. The number of anilines is 1. The average Bonchev–Trinajstić information content (AvgIpc) is 3.24. The first-order valence-corrected chi connectivity index (χ1v) is 10.4. The summed E-state index contributed by atoms with van der Waals surface area (Å²) in [6.07, 6.45) is 4.14. The fourth-order valence-electron chi connectivity index (χ4n) is 2.85. The number of hydrogen-bond acceptors (Lipinski definition) is 5. The van der Waals surface area contributed by atoms with Gasteiger partial charge in [0.15, 0.2) is 5.16 Å². The van der Waals surface area contributed by atoms with E-state index in [0.29, 0.717) is 16.6 Å². The van der Waals surface area contributed by atoms with Gasteiger partial charge in [-0.1, -0.05) is 42.1 Å². The number of imidazole rings is 1. The molecule has 0 atom stereocenters. The summed E-state index contributed by atoms with van der Waals surface area (Å²) in [4.78, 5) is 28.2. The van der Waals surface area contributed by atoms with E-state index < -0.39 is 5.91 Å². The molecule has 138 valence electrons. The number of carbonyl (C=O) groups excluding carboxylic acids is 2. The number of rotatable bonds is 7. The third-order valence-electron chi connectivity index (χ3n) is 4.26. The molecule has 0 radical (unpaired) electrons. The minimum atomic E-state index is -0.545. The van der Waals surface area contributed by atoms with Gasteiger partial charge in [0, 0.05) is 6.04 Å². The molecule has 1 fully saturated rings. The van der Waals surface area contributed by atoms with Crippen LogP contribution >= 0.6 is 23.1 Å². The molecule has 1 saturated carbocycles. The van der Waals surface area contributed by atoms with E-state index in [0.717, 1.165) is 29.3 Å². The van der Waals surface area contributed by atoms with Crippen LogP contribution in [0.2, 0.25) is 0 Å². The fourth-order valence-corrected chi connectivity index (χ4v) is 4.51. The fraction of sp³-hybridized carbons (Fsp3) is 0.211. The van der Waals surface area contributed by atoms with Gasteiger partial charge in [-0.05, 0) is 29.9 Å². The average molecular weight is 399 g/mol. The number of primary amides is 1. The molecule has 8 heteroatoms. The largest absolute Gasteiger partial charge is 0.366 e. The van der Waals surface area contributed by atoms with Crippen LogP contribution in [0.5, 0.6) is 0 Å². The van der Waals surface area contributed by atoms with Crippen LogP contribution in [0.1, 0.15) is 29.2 Å². The Kier molecular flexibility index (Phi) is 5.00. The lowest BCUT2D eigenvalue weighted by atomic mass is 10.2. The monoisotopic (exact) mass is 398 g/mol. The van der Waals surface area contributed by atoms with Crippen LogP contribution < -0.4 is 11.1 Å². The molecule has 0 saturated heterocycles. The summed E-state index contributed by atoms with van der Waals surface area (Å²) in [6, 6.07) is 12.2. The Bertz CT molecular complexity index is 977. The van der Waals surface area contributed by atoms with Crippen molar-refractivity contribution >= 4 is 39.9 Å². The van der Waals surface area contributed by atoms with Gasteiger partial charge in [0.2, 0.25) is 5.91 Å². The van der Waals surface area contributed by atoms with Crippen molar-refractivity contribution in [3.63, 3.8) is 0 Å². The van der Waals surface area contributed by atoms with Gasteiger partial charge in [0.1, 0.15) is 5.00 Å². The number of amides is 2. The number of thioether (sulfide) groups is 1. The first-order chi connectivity index (χ1) is 13.1. The Balaban J connectivity index is 1.47. The summed E-state index contributed by atoms with van der Waals surface area (Å²) in [7, 11) is 0. The lowest BCUT2D eigenvalue weighted by molar-refractivity contribution is -0.113. The highest BCUT2D eigenvalue weighted by atomic mass is 32.2. The Morgan fingerprint density at radius 3 is 2.74 bits per heavy atom. The molecule has 0 bridgehead atoms. The molecule has 2 aromatic heterocycles. The summed E-state index contributed by atoms with van der Waals surface area (Å²) in [5.74, 6) is -0.513. The van der Waals surface area contributed by atoms with Crippen molar-refractivity contribution < 1.29 is 9.59 Å². The maximum Gasteiger partial charge on any atom is 0.251 e. The van der Waals surface area contributed by atoms with Crippen LogP contribution in [0.15, 0.2) is 53.1 Å². The highest BCUT2D eigenvalue weighted by molar-refractivity contribution is 7.99. The highest BCUT2D eigenvalue weighted by Gasteiger charge is 2.29. The minimum absolute atomic E-state index is 0.184. The smallest absolute Gasteiger partial charge is 0.251 e. The number of nitrogens with two attached hydrogens (primary N) is 1. The van der Waals surface area contributed by atoms with Crippen molar-refractivity contribution in [1.29, 1.82) is 0 Å². The summed E-state index contributed by atoms with van der Waals surface area (Å²) < 4.78 is 2.23. The zero-order valence-corrected chi connectivity index (χ0v) is 16.1. The lowest BCUT2D eigenvalue weighted by Crippen LogP contribution is -2.18. The van der Waals surface area contributed by atoms with Crippen LogP contribution in [0.3, 0.4) is 0 Å². The van der Waals surface area contributed by atoms with Gasteiger partial charge in [-0.15, -0.1) is 11.3 Å². The van der Waals surface area contributed by atoms with Crippen molar-refractivity contribution in [3.8, 4) is 11.3 Å². The van der Waals surface area contributed by atoms with E-state index >= 15 is 0 Å². The van der Waals surface area contributed by atoms with E-state index in [-0.39, 0.29) is 11.7 Å². The van der Waals surface area contributed by atoms with E-state index in [1.165, 1.54) is 23.1 Å². The summed E-state index contributed by atoms with van der Waals surface area (Å²) in [6.45, 7) is 0. The van der Waals surface area contributed by atoms with Crippen LogP contribution in [-0.2, 0) is 4.79 Å². The molecule has 6 nitrogen and oxygen atoms in total. The Morgan fingerprint density at radius 2 is 2.04 bits per heavy atom. The third-order valence-corrected chi connectivity index (χ3v) is 6.06. The molecule has 2 amide bonds. The Hall–Kier alpha value is -2.58. The normalized spacial score (nSPS) is 13.5. The van der Waals surface area contributed by atoms with Crippen molar-refractivity contribution in [2.24, 2.45) is 5.73 Å². The number of thiophene rings is 1. The molecule has 3 N–H and O–H groups in total. The van der Waals surface area contributed by atoms with Gasteiger partial charge < -0.3 is 15.6 Å². The third kappa shape index (κ3) is 3.91. The zero-order valence-electron chi connectivity index (χ0n) is 14.4. The number of hydrogen-bond donors (Lipinski definition) is 2. The molecule has 3 aromatic rings. The second kappa shape index (κ2) is 7.58. The van der Waals surface area contributed by atoms with Gasteiger partial charge in [0.05, 0.1) is 23.2 Å². The molecule has 1 aliphatic rings. The Labute approximate surface area is 164 Å². The molecule has 0 unspecified atom stereocenters. The summed E-state index contributed by atoms with van der Waals surface area (Å²) in [5.41, 5.74) is 7.85. The van der Waals surface area contributed by atoms with Crippen molar-refractivity contribution in [3.05, 3.63) is 53.5 Å². The topological polar surface area (TPSA) is 90.0 Å². The predicted octanol–water partition coefficient (Wildman–Crippen LogP) is 3.78. The number of aromatic nitrogens is 2. The molecule has 27 heavy (non-hydrogen) atoms. The van der Waals surface area contributed by atoms with Crippen molar-refractivity contribution in [2.45, 2.75) is 24.0 Å². The maximum absolute atomic E-state index is 12.3. The summed E-state index contributed by atoms with van der Waals surface area (Å²) >= 11 is 2.69. The van der Waals surface area contributed by atoms with E-state index in [4.69, 9.17) is 5.73 Å². The number of nitrogens with one attached hydrogen (secondary N) is 1. The zero-order chi connectivity index (χ0) is 18.8. The SMILES string of the molecule is NC(=O)c1ccsc1NC(=O)CSc1ncc(-c2ccccc2)n1C1CC1. The molecule has 1 aromatic carbocycles. The van der Waals surface area contributed by atoms with E-state index in [9.17, 15) is 9.59 Å². The van der Waals surface area contributed by atoms with Crippen LogP contribution in [0.4, 0.5) is 5.00 Å². The number of benzene rings is 1. The molecule has 4 rings (SSSR count). The predicted molar refractivity (Wildman–Crippen MR) is 108 cm³/mol. The first-order valence-electron chi connectivity index (χ1n) is 8.56. The van der Waals surface area contributed by atoms with E-state index in [1.807, 2.05) is 24.4 Å². The number of nitrogens with zero attached hydrogens (tertiary/aromatic N) is 2. The minimum Gasteiger partial charge on any atom is -0.366 e. The van der Waals surface area contributed by atoms with Crippen molar-refractivity contribution in [1.82, 2.24) is 9.55 Å². The molecule has 0 spiro atoms. The quantitative estimate of drug-likeness (QED) is 0.593. The second-order valence-electron chi connectivity index (χ2n) is 6.26. The molecule has 1 aliphatic carbocycles. The van der Waals surface area contributed by atoms with Gasteiger partial charge in [-0.2, -0.15) is 0 Å². The van der Waals surface area contributed by atoms with Gasteiger partial charge in [-0.25, -0.2) is 4.98 Å². The molecule has 0 aliphatic heterocycles.